The summed E-state index contributed by atoms with van der Waals surface area (Å²) in [6, 6.07) is 0. The summed E-state index contributed by atoms with van der Waals surface area (Å²) in [5, 5.41) is 9.70. The maximum atomic E-state index is 11.7. The average molecular weight is 211 g/mol. The lowest BCUT2D eigenvalue weighted by atomic mass is 10.2. The van der Waals surface area contributed by atoms with Crippen molar-refractivity contribution in [2.24, 2.45) is 11.8 Å². The minimum Gasteiger partial charge on any atom is -0.391 e. The maximum Gasteiger partial charge on any atom is 0.222 e. The van der Waals surface area contributed by atoms with Gasteiger partial charge in [0.25, 0.3) is 0 Å². The van der Waals surface area contributed by atoms with Crippen molar-refractivity contribution in [1.29, 1.82) is 0 Å². The summed E-state index contributed by atoms with van der Waals surface area (Å²) in [7, 11) is 1.81. The Balaban J connectivity index is 1.63. The van der Waals surface area contributed by atoms with E-state index in [2.05, 4.69) is 0 Å². The van der Waals surface area contributed by atoms with Crippen molar-refractivity contribution in [3.63, 3.8) is 0 Å². The SMILES string of the molecule is CN(CC(O)C1CC1)C(=O)CCC1CC1. The van der Waals surface area contributed by atoms with Crippen LogP contribution < -0.4 is 0 Å². The number of rotatable bonds is 6. The topological polar surface area (TPSA) is 40.5 Å². The average Bonchev–Trinajstić information content (AvgIpc) is 3.04. The summed E-state index contributed by atoms with van der Waals surface area (Å²) in [5.74, 6) is 1.47. The fraction of sp³-hybridized carbons (Fsp3) is 0.917. The number of likely N-dealkylation sites (N-methyl/N-ethyl adjacent to an activating group) is 1. The maximum absolute atomic E-state index is 11.7. The van der Waals surface area contributed by atoms with Gasteiger partial charge in [0.2, 0.25) is 5.91 Å². The second kappa shape index (κ2) is 4.52. The number of amides is 1. The Bertz CT molecular complexity index is 234. The van der Waals surface area contributed by atoms with E-state index < -0.39 is 0 Å². The highest BCUT2D eigenvalue weighted by atomic mass is 16.3. The van der Waals surface area contributed by atoms with E-state index in [9.17, 15) is 9.90 Å². The highest BCUT2D eigenvalue weighted by molar-refractivity contribution is 5.75. The minimum atomic E-state index is -0.292. The lowest BCUT2D eigenvalue weighted by molar-refractivity contribution is -0.131. The molecule has 0 bridgehead atoms. The molecule has 0 aromatic carbocycles. The molecule has 0 heterocycles. The van der Waals surface area contributed by atoms with Crippen molar-refractivity contribution in [2.75, 3.05) is 13.6 Å². The predicted molar refractivity (Wildman–Crippen MR) is 58.3 cm³/mol. The van der Waals surface area contributed by atoms with Gasteiger partial charge in [-0.2, -0.15) is 0 Å². The first-order valence-corrected chi connectivity index (χ1v) is 6.09. The molecule has 2 rings (SSSR count). The zero-order valence-electron chi connectivity index (χ0n) is 9.48. The summed E-state index contributed by atoms with van der Waals surface area (Å²) < 4.78 is 0. The summed E-state index contributed by atoms with van der Waals surface area (Å²) in [6.07, 6.45) is 6.29. The third-order valence-electron chi connectivity index (χ3n) is 3.52. The first-order valence-electron chi connectivity index (χ1n) is 6.09. The van der Waals surface area contributed by atoms with E-state index >= 15 is 0 Å². The standard InChI is InChI=1S/C12H21NO2/c1-13(8-11(14)10-5-6-10)12(15)7-4-9-2-3-9/h9-11,14H,2-8H2,1H3. The zero-order chi connectivity index (χ0) is 10.8. The minimum absolute atomic E-state index is 0.196. The summed E-state index contributed by atoms with van der Waals surface area (Å²) in [4.78, 5) is 13.4. The van der Waals surface area contributed by atoms with Crippen LogP contribution in [-0.4, -0.2) is 35.6 Å². The van der Waals surface area contributed by atoms with Crippen LogP contribution >= 0.6 is 0 Å². The molecular weight excluding hydrogens is 190 g/mol. The monoisotopic (exact) mass is 211 g/mol. The molecule has 1 atom stereocenters. The van der Waals surface area contributed by atoms with Gasteiger partial charge in [-0.05, 0) is 31.1 Å². The molecule has 1 amide bonds. The Hall–Kier alpha value is -0.570. The predicted octanol–water partition coefficient (Wildman–Crippen LogP) is 1.41. The molecule has 0 saturated heterocycles. The second-order valence-corrected chi connectivity index (χ2v) is 5.16. The Morgan fingerprint density at radius 3 is 2.60 bits per heavy atom. The van der Waals surface area contributed by atoms with Crippen LogP contribution in [0.15, 0.2) is 0 Å². The van der Waals surface area contributed by atoms with Crippen LogP contribution in [0, 0.1) is 11.8 Å². The highest BCUT2D eigenvalue weighted by Gasteiger charge is 2.31. The van der Waals surface area contributed by atoms with Gasteiger partial charge in [-0.25, -0.2) is 0 Å². The molecule has 2 saturated carbocycles. The molecule has 0 aromatic heterocycles. The molecule has 3 nitrogen and oxygen atoms in total. The van der Waals surface area contributed by atoms with E-state index in [4.69, 9.17) is 0 Å². The number of aliphatic hydroxyl groups excluding tert-OH is 1. The van der Waals surface area contributed by atoms with Crippen LogP contribution in [0.3, 0.4) is 0 Å². The van der Waals surface area contributed by atoms with Crippen LogP contribution in [0.4, 0.5) is 0 Å². The van der Waals surface area contributed by atoms with E-state index in [0.29, 0.717) is 18.9 Å². The van der Waals surface area contributed by atoms with Gasteiger partial charge in [0, 0.05) is 20.0 Å². The third-order valence-corrected chi connectivity index (χ3v) is 3.52. The van der Waals surface area contributed by atoms with Crippen molar-refractivity contribution in [3.8, 4) is 0 Å². The normalized spacial score (nSPS) is 22.5. The zero-order valence-corrected chi connectivity index (χ0v) is 9.48. The van der Waals surface area contributed by atoms with Crippen molar-refractivity contribution in [2.45, 2.75) is 44.6 Å². The fourth-order valence-electron chi connectivity index (χ4n) is 1.94. The molecule has 2 aliphatic rings. The molecule has 86 valence electrons. The summed E-state index contributed by atoms with van der Waals surface area (Å²) >= 11 is 0. The molecule has 1 N–H and O–H groups in total. The third kappa shape index (κ3) is 3.49. The smallest absolute Gasteiger partial charge is 0.222 e. The number of carbonyl (C=O) groups is 1. The number of hydrogen-bond donors (Lipinski definition) is 1. The van der Waals surface area contributed by atoms with Crippen LogP contribution in [-0.2, 0) is 4.79 Å². The van der Waals surface area contributed by atoms with E-state index in [1.165, 1.54) is 12.8 Å². The Morgan fingerprint density at radius 2 is 2.07 bits per heavy atom. The van der Waals surface area contributed by atoms with Gasteiger partial charge in [0.15, 0.2) is 0 Å². The first kappa shape index (κ1) is 10.9. The Morgan fingerprint density at radius 1 is 1.40 bits per heavy atom. The van der Waals surface area contributed by atoms with Gasteiger partial charge >= 0.3 is 0 Å². The lowest BCUT2D eigenvalue weighted by Gasteiger charge is -2.20. The number of hydrogen-bond acceptors (Lipinski definition) is 2. The summed E-state index contributed by atoms with van der Waals surface area (Å²) in [5.41, 5.74) is 0. The van der Waals surface area contributed by atoms with Crippen LogP contribution in [0.25, 0.3) is 0 Å². The number of aliphatic hydroxyl groups is 1. The molecule has 0 spiro atoms. The molecular formula is C12H21NO2. The van der Waals surface area contributed by atoms with E-state index in [1.807, 2.05) is 0 Å². The number of carbonyl (C=O) groups excluding carboxylic acids is 1. The van der Waals surface area contributed by atoms with Gasteiger partial charge in [0.05, 0.1) is 6.10 Å². The largest absolute Gasteiger partial charge is 0.391 e. The van der Waals surface area contributed by atoms with Crippen LogP contribution in [0.1, 0.15) is 38.5 Å². The van der Waals surface area contributed by atoms with Gasteiger partial charge in [-0.15, -0.1) is 0 Å². The van der Waals surface area contributed by atoms with Crippen molar-refractivity contribution < 1.29 is 9.90 Å². The molecule has 3 heteroatoms. The second-order valence-electron chi connectivity index (χ2n) is 5.16. The van der Waals surface area contributed by atoms with Gasteiger partial charge in [0.1, 0.15) is 0 Å². The molecule has 0 radical (unpaired) electrons. The van der Waals surface area contributed by atoms with E-state index in [1.54, 1.807) is 11.9 Å². The highest BCUT2D eigenvalue weighted by Crippen LogP contribution is 2.34. The quantitative estimate of drug-likeness (QED) is 0.721. The van der Waals surface area contributed by atoms with Crippen molar-refractivity contribution in [3.05, 3.63) is 0 Å². The molecule has 1 unspecified atom stereocenters. The molecule has 0 aliphatic heterocycles. The van der Waals surface area contributed by atoms with Crippen molar-refractivity contribution >= 4 is 5.91 Å². The Labute approximate surface area is 91.5 Å². The van der Waals surface area contributed by atoms with Gasteiger partial charge < -0.3 is 10.0 Å². The fourth-order valence-corrected chi connectivity index (χ4v) is 1.94. The van der Waals surface area contributed by atoms with Crippen LogP contribution in [0.2, 0.25) is 0 Å². The Kier molecular flexibility index (Phi) is 3.29. The van der Waals surface area contributed by atoms with Gasteiger partial charge in [-0.1, -0.05) is 12.8 Å². The molecule has 2 fully saturated rings. The molecule has 2 aliphatic carbocycles. The summed E-state index contributed by atoms with van der Waals surface area (Å²) in [6.45, 7) is 0.522. The van der Waals surface area contributed by atoms with E-state index in [0.717, 1.165) is 25.2 Å². The molecule has 0 aromatic rings. The van der Waals surface area contributed by atoms with Crippen molar-refractivity contribution in [1.82, 2.24) is 4.90 Å². The lowest BCUT2D eigenvalue weighted by Crippen LogP contribution is -2.35. The number of nitrogens with zero attached hydrogens (tertiary/aromatic N) is 1. The van der Waals surface area contributed by atoms with Gasteiger partial charge in [-0.3, -0.25) is 4.79 Å². The first-order chi connectivity index (χ1) is 7.16. The van der Waals surface area contributed by atoms with Crippen LogP contribution in [0.5, 0.6) is 0 Å². The van der Waals surface area contributed by atoms with E-state index in [-0.39, 0.29) is 12.0 Å². The molecule has 15 heavy (non-hydrogen) atoms.